The zero-order valence-electron chi connectivity index (χ0n) is 22.7. The highest BCUT2D eigenvalue weighted by Crippen LogP contribution is 2.56. The van der Waals surface area contributed by atoms with Crippen molar-refractivity contribution in [3.05, 3.63) is 46.4 Å². The standard InChI is InChI=1S/C28H31F3N6O2S2/c1-4-19(38)37-14(2)9-36(10-15(37)3)25(33)17-7-18(28(29,30)31)21(23-20(26(34)39)16(8-32)11-40-23)24-22(17)35-12-27(5-6-27)13-41-24/h4,7-8,11,14-15,32-33,35H,1,5-6,9-10,12-13H2,2-3H3,(H2,34,39)/t14-,15+. The molecule has 5 N–H and O–H groups in total. The number of piperazine rings is 1. The molecule has 3 heterocycles. The summed E-state index contributed by atoms with van der Waals surface area (Å²) in [7, 11) is 0. The van der Waals surface area contributed by atoms with Gasteiger partial charge in [-0.05, 0) is 44.2 Å². The molecule has 41 heavy (non-hydrogen) atoms. The number of hydrogen-bond donors (Lipinski definition) is 4. The highest BCUT2D eigenvalue weighted by molar-refractivity contribution is 7.99. The minimum absolute atomic E-state index is 0.0411. The summed E-state index contributed by atoms with van der Waals surface area (Å²) in [4.78, 5) is 28.6. The number of thiophene rings is 1. The molecular formula is C28H31F3N6O2S2. The third kappa shape index (κ3) is 5.14. The van der Waals surface area contributed by atoms with E-state index in [0.29, 0.717) is 22.9 Å². The van der Waals surface area contributed by atoms with Crippen molar-refractivity contribution in [3.8, 4) is 10.4 Å². The van der Waals surface area contributed by atoms with Crippen LogP contribution in [-0.2, 0) is 11.0 Å². The van der Waals surface area contributed by atoms with Crippen LogP contribution in [0.4, 0.5) is 18.9 Å². The van der Waals surface area contributed by atoms with Gasteiger partial charge in [0.1, 0.15) is 5.84 Å². The SMILES string of the molecule is C=CC(=O)N1[C@H](C)CN(C(=N)c2cc(C(F)(F)F)c(-c3scc(C=N)c3C(N)=O)c3c2NCC2(CC2)CS3)C[C@@H]1C. The number of primary amides is 1. The molecule has 1 aromatic heterocycles. The first kappa shape index (κ1) is 29.2. The van der Waals surface area contributed by atoms with E-state index in [0.717, 1.165) is 36.5 Å². The first-order valence-electron chi connectivity index (χ1n) is 13.2. The van der Waals surface area contributed by atoms with Gasteiger partial charge in [0.05, 0.1) is 16.8 Å². The molecule has 2 amide bonds. The summed E-state index contributed by atoms with van der Waals surface area (Å²) in [5.41, 5.74) is 5.07. The predicted octanol–water partition coefficient (Wildman–Crippen LogP) is 5.26. The number of nitrogens with two attached hydrogens (primary N) is 1. The van der Waals surface area contributed by atoms with Gasteiger partial charge in [-0.25, -0.2) is 0 Å². The highest BCUT2D eigenvalue weighted by Gasteiger charge is 2.46. The monoisotopic (exact) mass is 604 g/mol. The van der Waals surface area contributed by atoms with Crippen LogP contribution in [0, 0.1) is 16.2 Å². The van der Waals surface area contributed by atoms with E-state index in [1.54, 1.807) is 9.80 Å². The number of carbonyl (C=O) groups excluding carboxylic acids is 2. The van der Waals surface area contributed by atoms with Crippen molar-refractivity contribution in [2.75, 3.05) is 30.7 Å². The smallest absolute Gasteiger partial charge is 0.383 e. The van der Waals surface area contributed by atoms with Gasteiger partial charge in [-0.3, -0.25) is 15.0 Å². The van der Waals surface area contributed by atoms with Crippen LogP contribution in [-0.4, -0.2) is 71.1 Å². The van der Waals surface area contributed by atoms with Crippen molar-refractivity contribution >= 4 is 52.7 Å². The molecule has 2 atom stereocenters. The molecule has 1 saturated carbocycles. The van der Waals surface area contributed by atoms with E-state index >= 15 is 0 Å². The molecule has 2 aromatic rings. The average Bonchev–Trinajstić information content (AvgIpc) is 3.60. The van der Waals surface area contributed by atoms with E-state index in [4.69, 9.17) is 16.6 Å². The van der Waals surface area contributed by atoms with E-state index in [1.807, 2.05) is 13.8 Å². The fourth-order valence-corrected chi connectivity index (χ4v) is 8.48. The van der Waals surface area contributed by atoms with Crippen LogP contribution >= 0.6 is 23.1 Å². The summed E-state index contributed by atoms with van der Waals surface area (Å²) in [6, 6.07) is 0.427. The van der Waals surface area contributed by atoms with Gasteiger partial charge in [-0.1, -0.05) is 6.58 Å². The van der Waals surface area contributed by atoms with E-state index in [1.165, 1.54) is 23.2 Å². The van der Waals surface area contributed by atoms with Crippen molar-refractivity contribution in [2.24, 2.45) is 11.1 Å². The zero-order valence-corrected chi connectivity index (χ0v) is 24.3. The predicted molar refractivity (Wildman–Crippen MR) is 156 cm³/mol. The number of halogens is 3. The molecule has 3 aliphatic rings. The maximum atomic E-state index is 14.9. The fourth-order valence-electron chi connectivity index (χ4n) is 5.80. The summed E-state index contributed by atoms with van der Waals surface area (Å²) < 4.78 is 44.6. The normalized spacial score (nSPS) is 21.5. The first-order valence-corrected chi connectivity index (χ1v) is 15.0. The molecule has 13 heteroatoms. The number of nitrogens with one attached hydrogen (secondary N) is 3. The molecule has 0 bridgehead atoms. The molecule has 2 aliphatic heterocycles. The summed E-state index contributed by atoms with van der Waals surface area (Å²) in [5, 5.41) is 21.7. The fraction of sp³-hybridized carbons (Fsp3) is 0.429. The topological polar surface area (TPSA) is 126 Å². The van der Waals surface area contributed by atoms with Gasteiger partial charge in [-0.15, -0.1) is 23.1 Å². The zero-order chi connectivity index (χ0) is 29.9. The molecule has 1 spiro atoms. The maximum absolute atomic E-state index is 14.9. The second kappa shape index (κ2) is 10.5. The number of alkyl halides is 3. The van der Waals surface area contributed by atoms with Crippen LogP contribution in [0.25, 0.3) is 10.4 Å². The van der Waals surface area contributed by atoms with Crippen molar-refractivity contribution in [1.82, 2.24) is 9.80 Å². The van der Waals surface area contributed by atoms with Crippen LogP contribution in [0.5, 0.6) is 0 Å². The molecule has 218 valence electrons. The lowest BCUT2D eigenvalue weighted by atomic mass is 9.95. The Kier molecular flexibility index (Phi) is 7.48. The number of amidine groups is 1. The van der Waals surface area contributed by atoms with Crippen molar-refractivity contribution in [1.29, 1.82) is 10.8 Å². The molecule has 1 aromatic carbocycles. The quantitative estimate of drug-likeness (QED) is 0.210. The van der Waals surface area contributed by atoms with Crippen molar-refractivity contribution in [2.45, 2.75) is 49.8 Å². The molecule has 5 rings (SSSR count). The van der Waals surface area contributed by atoms with E-state index < -0.39 is 17.6 Å². The van der Waals surface area contributed by atoms with Crippen molar-refractivity contribution < 1.29 is 22.8 Å². The van der Waals surface area contributed by atoms with Gasteiger partial charge >= 0.3 is 6.18 Å². The largest absolute Gasteiger partial charge is 0.417 e. The number of thioether (sulfide) groups is 1. The third-order valence-corrected chi connectivity index (χ3v) is 10.5. The Morgan fingerprint density at radius 2 is 1.90 bits per heavy atom. The number of anilines is 1. The third-order valence-electron chi connectivity index (χ3n) is 8.07. The number of nitrogens with zero attached hydrogens (tertiary/aromatic N) is 2. The number of amides is 2. The molecule has 0 unspecified atom stereocenters. The Balaban J connectivity index is 1.69. The molecular weight excluding hydrogens is 573 g/mol. The van der Waals surface area contributed by atoms with Gasteiger partial charge in [0.2, 0.25) is 5.91 Å². The van der Waals surface area contributed by atoms with Crippen LogP contribution in [0.2, 0.25) is 0 Å². The summed E-state index contributed by atoms with van der Waals surface area (Å²) in [5.74, 6) is -0.603. The lowest BCUT2D eigenvalue weighted by molar-refractivity contribution is -0.137. The Bertz CT molecular complexity index is 1450. The second-order valence-electron chi connectivity index (χ2n) is 11.0. The number of rotatable bonds is 5. The van der Waals surface area contributed by atoms with Crippen molar-refractivity contribution in [3.63, 3.8) is 0 Å². The minimum atomic E-state index is -4.80. The van der Waals surface area contributed by atoms with E-state index in [9.17, 15) is 22.8 Å². The summed E-state index contributed by atoms with van der Waals surface area (Å²) in [6.07, 6.45) is -0.741. The number of fused-ring (bicyclic) bond motifs is 1. The highest BCUT2D eigenvalue weighted by atomic mass is 32.2. The molecule has 1 aliphatic carbocycles. The molecule has 2 fully saturated rings. The van der Waals surface area contributed by atoms with Crippen LogP contribution < -0.4 is 11.1 Å². The lowest BCUT2D eigenvalue weighted by Crippen LogP contribution is -2.59. The first-order chi connectivity index (χ1) is 19.3. The van der Waals surface area contributed by atoms with E-state index in [-0.39, 0.29) is 69.5 Å². The lowest BCUT2D eigenvalue weighted by Gasteiger charge is -2.45. The Morgan fingerprint density at radius 1 is 1.24 bits per heavy atom. The summed E-state index contributed by atoms with van der Waals surface area (Å²) >= 11 is 2.26. The number of benzene rings is 1. The molecule has 0 radical (unpaired) electrons. The van der Waals surface area contributed by atoms with Crippen LogP contribution in [0.1, 0.15) is 53.7 Å². The number of carbonyl (C=O) groups is 2. The van der Waals surface area contributed by atoms with Gasteiger partial charge in [0.15, 0.2) is 0 Å². The van der Waals surface area contributed by atoms with Gasteiger partial charge in [0.25, 0.3) is 5.91 Å². The Morgan fingerprint density at radius 3 is 2.44 bits per heavy atom. The maximum Gasteiger partial charge on any atom is 0.417 e. The Labute approximate surface area is 244 Å². The van der Waals surface area contributed by atoms with Gasteiger partial charge in [-0.2, -0.15) is 13.2 Å². The molecule has 8 nitrogen and oxygen atoms in total. The number of hydrogen-bond acceptors (Lipinski definition) is 7. The Hall–Kier alpha value is -3.32. The molecule has 1 saturated heterocycles. The van der Waals surface area contributed by atoms with Gasteiger partial charge in [0, 0.05) is 75.5 Å². The van der Waals surface area contributed by atoms with Crippen LogP contribution in [0.15, 0.2) is 29.0 Å². The second-order valence-corrected chi connectivity index (χ2v) is 12.9. The van der Waals surface area contributed by atoms with Gasteiger partial charge < -0.3 is 26.3 Å². The minimum Gasteiger partial charge on any atom is -0.383 e. The average molecular weight is 605 g/mol. The van der Waals surface area contributed by atoms with Crippen LogP contribution in [0.3, 0.4) is 0 Å². The van der Waals surface area contributed by atoms with E-state index in [2.05, 4.69) is 11.9 Å². The summed E-state index contributed by atoms with van der Waals surface area (Å²) in [6.45, 7) is 8.36.